The van der Waals surface area contributed by atoms with Gasteiger partial charge in [0.05, 0.1) is 6.61 Å². The van der Waals surface area contributed by atoms with Gasteiger partial charge in [0.2, 0.25) is 11.1 Å². The van der Waals surface area contributed by atoms with Crippen molar-refractivity contribution in [2.45, 2.75) is 10.4 Å². The van der Waals surface area contributed by atoms with E-state index in [1.165, 1.54) is 18.1 Å². The number of nitrogens with zero attached hydrogens (tertiary/aromatic N) is 3. The van der Waals surface area contributed by atoms with Crippen molar-refractivity contribution in [1.82, 2.24) is 20.3 Å². The number of ether oxygens (including phenoxy) is 1. The maximum absolute atomic E-state index is 11.3. The summed E-state index contributed by atoms with van der Waals surface area (Å²) in [6, 6.07) is 0. The number of thioether (sulfide) groups is 1. The number of aromatic nitrogens is 3. The fourth-order valence-electron chi connectivity index (χ4n) is 0.851. The van der Waals surface area contributed by atoms with Crippen molar-refractivity contribution in [3.05, 3.63) is 6.33 Å². The van der Waals surface area contributed by atoms with E-state index in [0.717, 1.165) is 11.8 Å². The van der Waals surface area contributed by atoms with Gasteiger partial charge in [-0.2, -0.15) is 0 Å². The Morgan fingerprint density at radius 2 is 2.60 bits per heavy atom. The van der Waals surface area contributed by atoms with Crippen LogP contribution in [0.2, 0.25) is 0 Å². The second-order valence-electron chi connectivity index (χ2n) is 2.59. The molecule has 1 heterocycles. The molecule has 0 aromatic carbocycles. The van der Waals surface area contributed by atoms with Crippen molar-refractivity contribution in [3.8, 4) is 0 Å². The minimum Gasteiger partial charge on any atom is -0.383 e. The fraction of sp³-hybridized carbons (Fsp3) is 0.500. The smallest absolute Gasteiger partial charge is 0.249 e. The van der Waals surface area contributed by atoms with Gasteiger partial charge in [-0.25, -0.2) is 10.5 Å². The van der Waals surface area contributed by atoms with Gasteiger partial charge in [0.1, 0.15) is 11.6 Å². The molecule has 1 amide bonds. The molecule has 0 aliphatic rings. The van der Waals surface area contributed by atoms with Crippen LogP contribution in [0.15, 0.2) is 11.5 Å². The zero-order chi connectivity index (χ0) is 11.3. The van der Waals surface area contributed by atoms with E-state index < -0.39 is 5.25 Å². The summed E-state index contributed by atoms with van der Waals surface area (Å²) in [5.41, 5.74) is 2.04. The highest BCUT2D eigenvalue weighted by molar-refractivity contribution is 8.00. The Morgan fingerprint density at radius 3 is 3.07 bits per heavy atom. The number of amides is 1. The SMILES string of the molecule is COCC(Sc1nncn1N)C(=O)NN. The lowest BCUT2D eigenvalue weighted by Gasteiger charge is -2.12. The van der Waals surface area contributed by atoms with Crippen LogP contribution in [0.4, 0.5) is 0 Å². The average molecular weight is 232 g/mol. The van der Waals surface area contributed by atoms with Crippen LogP contribution in [0, 0.1) is 0 Å². The molecule has 84 valence electrons. The summed E-state index contributed by atoms with van der Waals surface area (Å²) < 4.78 is 6.10. The quantitative estimate of drug-likeness (QED) is 0.234. The van der Waals surface area contributed by atoms with Crippen molar-refractivity contribution >= 4 is 17.7 Å². The second-order valence-corrected chi connectivity index (χ2v) is 3.76. The molecule has 0 saturated heterocycles. The molecule has 0 saturated carbocycles. The molecule has 0 fully saturated rings. The number of carbonyl (C=O) groups excluding carboxylic acids is 1. The summed E-state index contributed by atoms with van der Waals surface area (Å²) in [5, 5.41) is 7.22. The van der Waals surface area contributed by atoms with Crippen LogP contribution in [0.3, 0.4) is 0 Å². The van der Waals surface area contributed by atoms with Crippen LogP contribution in [0.5, 0.6) is 0 Å². The number of hydrogen-bond donors (Lipinski definition) is 3. The first kappa shape index (κ1) is 11.8. The largest absolute Gasteiger partial charge is 0.383 e. The van der Waals surface area contributed by atoms with E-state index in [1.807, 2.05) is 5.43 Å². The van der Waals surface area contributed by atoms with E-state index in [9.17, 15) is 4.79 Å². The Bertz CT molecular complexity index is 329. The normalized spacial score (nSPS) is 12.4. The average Bonchev–Trinajstić information content (AvgIpc) is 2.63. The summed E-state index contributed by atoms with van der Waals surface area (Å²) in [6.45, 7) is 0.209. The van der Waals surface area contributed by atoms with Gasteiger partial charge >= 0.3 is 0 Å². The highest BCUT2D eigenvalue weighted by Gasteiger charge is 2.21. The molecule has 1 aromatic heterocycles. The molecule has 9 heteroatoms. The van der Waals surface area contributed by atoms with E-state index in [4.69, 9.17) is 16.4 Å². The van der Waals surface area contributed by atoms with Crippen molar-refractivity contribution in [2.75, 3.05) is 19.6 Å². The number of hydrazine groups is 1. The van der Waals surface area contributed by atoms with Gasteiger partial charge < -0.3 is 10.6 Å². The maximum Gasteiger partial charge on any atom is 0.249 e. The third kappa shape index (κ3) is 3.08. The van der Waals surface area contributed by atoms with Crippen molar-refractivity contribution in [3.63, 3.8) is 0 Å². The summed E-state index contributed by atoms with van der Waals surface area (Å²) >= 11 is 1.13. The monoisotopic (exact) mass is 232 g/mol. The summed E-state index contributed by atoms with van der Waals surface area (Å²) in [5.74, 6) is 10.2. The highest BCUT2D eigenvalue weighted by atomic mass is 32.2. The maximum atomic E-state index is 11.3. The van der Waals surface area contributed by atoms with Crippen LogP contribution in [-0.4, -0.2) is 39.7 Å². The number of hydrogen-bond acceptors (Lipinski definition) is 7. The number of nitrogens with two attached hydrogens (primary N) is 2. The first-order valence-electron chi connectivity index (χ1n) is 4.00. The molecule has 0 aliphatic carbocycles. The summed E-state index contributed by atoms with van der Waals surface area (Å²) in [6.07, 6.45) is 1.34. The highest BCUT2D eigenvalue weighted by Crippen LogP contribution is 2.19. The van der Waals surface area contributed by atoms with Gasteiger partial charge in [-0.15, -0.1) is 10.2 Å². The fourth-order valence-corrected chi connectivity index (χ4v) is 1.75. The van der Waals surface area contributed by atoms with Crippen LogP contribution in [0.1, 0.15) is 0 Å². The minimum absolute atomic E-state index is 0.209. The Labute approximate surface area is 90.3 Å². The van der Waals surface area contributed by atoms with E-state index in [-0.39, 0.29) is 12.5 Å². The van der Waals surface area contributed by atoms with Gasteiger partial charge in [-0.1, -0.05) is 11.8 Å². The zero-order valence-corrected chi connectivity index (χ0v) is 8.90. The van der Waals surface area contributed by atoms with Crippen molar-refractivity contribution in [1.29, 1.82) is 0 Å². The summed E-state index contributed by atoms with van der Waals surface area (Å²) in [7, 11) is 1.49. The number of rotatable bonds is 5. The third-order valence-corrected chi connectivity index (χ3v) is 2.68. The molecular formula is C6H12N6O2S. The third-order valence-electron chi connectivity index (χ3n) is 1.54. The first-order chi connectivity index (χ1) is 7.19. The minimum atomic E-state index is -0.508. The molecule has 0 aliphatic heterocycles. The lowest BCUT2D eigenvalue weighted by Crippen LogP contribution is -2.39. The molecular weight excluding hydrogens is 220 g/mol. The molecule has 1 aromatic rings. The van der Waals surface area contributed by atoms with Crippen molar-refractivity contribution in [2.24, 2.45) is 5.84 Å². The van der Waals surface area contributed by atoms with Crippen LogP contribution < -0.4 is 17.1 Å². The number of nitrogens with one attached hydrogen (secondary N) is 1. The van der Waals surface area contributed by atoms with E-state index >= 15 is 0 Å². The lowest BCUT2D eigenvalue weighted by molar-refractivity contribution is -0.121. The lowest BCUT2D eigenvalue weighted by atomic mass is 10.4. The Balaban J connectivity index is 2.66. The molecule has 8 nitrogen and oxygen atoms in total. The first-order valence-corrected chi connectivity index (χ1v) is 4.88. The predicted octanol–water partition coefficient (Wildman–Crippen LogP) is -1.91. The Hall–Kier alpha value is -1.32. The van der Waals surface area contributed by atoms with Crippen LogP contribution >= 0.6 is 11.8 Å². The van der Waals surface area contributed by atoms with Crippen LogP contribution in [-0.2, 0) is 9.53 Å². The van der Waals surface area contributed by atoms with Gasteiger partial charge in [0.15, 0.2) is 0 Å². The number of carbonyl (C=O) groups is 1. The summed E-state index contributed by atoms with van der Waals surface area (Å²) in [4.78, 5) is 11.3. The second kappa shape index (κ2) is 5.53. The van der Waals surface area contributed by atoms with Crippen molar-refractivity contribution < 1.29 is 9.53 Å². The number of nitrogen functional groups attached to an aromatic ring is 1. The number of methoxy groups -OCH3 is 1. The molecule has 5 N–H and O–H groups in total. The van der Waals surface area contributed by atoms with E-state index in [2.05, 4.69) is 10.2 Å². The Kier molecular flexibility index (Phi) is 4.34. The van der Waals surface area contributed by atoms with Crippen LogP contribution in [0.25, 0.3) is 0 Å². The molecule has 1 atom stereocenters. The molecule has 0 bridgehead atoms. The van der Waals surface area contributed by atoms with Gasteiger partial charge in [-0.05, 0) is 0 Å². The molecule has 0 radical (unpaired) electrons. The van der Waals surface area contributed by atoms with Gasteiger partial charge in [0, 0.05) is 7.11 Å². The van der Waals surface area contributed by atoms with Gasteiger partial charge in [0.25, 0.3) is 0 Å². The van der Waals surface area contributed by atoms with E-state index in [0.29, 0.717) is 5.16 Å². The molecule has 1 unspecified atom stereocenters. The predicted molar refractivity (Wildman–Crippen MR) is 54.0 cm³/mol. The standard InChI is InChI=1S/C6H12N6O2S/c1-14-2-4(5(13)10-7)15-6-11-9-3-12(6)8/h3-4H,2,7-8H2,1H3,(H,10,13). The molecule has 15 heavy (non-hydrogen) atoms. The Morgan fingerprint density at radius 1 is 1.87 bits per heavy atom. The molecule has 1 rings (SSSR count). The van der Waals surface area contributed by atoms with Gasteiger partial charge in [-0.3, -0.25) is 10.2 Å². The molecule has 0 spiro atoms. The van der Waals surface area contributed by atoms with E-state index in [1.54, 1.807) is 0 Å². The zero-order valence-electron chi connectivity index (χ0n) is 8.08. The topological polar surface area (TPSA) is 121 Å².